The first-order valence-electron chi connectivity index (χ1n) is 5.85. The molecule has 84 valence electrons. The molecular formula is C11H24N2O. The molecule has 0 aromatic rings. The van der Waals surface area contributed by atoms with Gasteiger partial charge in [0.15, 0.2) is 0 Å². The fourth-order valence-electron chi connectivity index (χ4n) is 1.52. The van der Waals surface area contributed by atoms with Crippen LogP contribution in [0.5, 0.6) is 0 Å². The molecule has 0 saturated carbocycles. The van der Waals surface area contributed by atoms with Crippen molar-refractivity contribution in [1.82, 2.24) is 5.01 Å². The summed E-state index contributed by atoms with van der Waals surface area (Å²) in [5.41, 5.74) is 0. The predicted octanol–water partition coefficient (Wildman–Crippen LogP) is 3.74. The monoisotopic (exact) mass is 200 g/mol. The summed E-state index contributed by atoms with van der Waals surface area (Å²) in [5.74, 6) is 0. The summed E-state index contributed by atoms with van der Waals surface area (Å²) in [6.45, 7) is 3.04. The summed E-state index contributed by atoms with van der Waals surface area (Å²) < 4.78 is 0. The fraction of sp³-hybridized carbons (Fsp3) is 1.00. The molecule has 0 saturated heterocycles. The summed E-state index contributed by atoms with van der Waals surface area (Å²) in [7, 11) is 1.73. The van der Waals surface area contributed by atoms with Crippen molar-refractivity contribution in [2.75, 3.05) is 13.6 Å². The van der Waals surface area contributed by atoms with Crippen LogP contribution in [0.2, 0.25) is 0 Å². The van der Waals surface area contributed by atoms with Gasteiger partial charge in [-0.2, -0.15) is 0 Å². The summed E-state index contributed by atoms with van der Waals surface area (Å²) in [6, 6.07) is 0. The molecule has 0 aliphatic carbocycles. The third-order valence-electron chi connectivity index (χ3n) is 2.47. The van der Waals surface area contributed by atoms with Crippen molar-refractivity contribution in [1.29, 1.82) is 0 Å². The van der Waals surface area contributed by atoms with E-state index in [4.69, 9.17) is 0 Å². The number of rotatable bonds is 10. The van der Waals surface area contributed by atoms with Gasteiger partial charge in [0.2, 0.25) is 0 Å². The molecule has 0 amide bonds. The van der Waals surface area contributed by atoms with Crippen LogP contribution in [0, 0.1) is 4.91 Å². The first-order chi connectivity index (χ1) is 6.81. The van der Waals surface area contributed by atoms with Crippen molar-refractivity contribution in [3.05, 3.63) is 4.91 Å². The summed E-state index contributed by atoms with van der Waals surface area (Å²) >= 11 is 0. The maximum atomic E-state index is 10.0. The molecule has 0 spiro atoms. The number of hydrogen-bond donors (Lipinski definition) is 0. The second-order valence-electron chi connectivity index (χ2n) is 3.94. The predicted molar refractivity (Wildman–Crippen MR) is 61.0 cm³/mol. The van der Waals surface area contributed by atoms with E-state index in [1.807, 2.05) is 0 Å². The van der Waals surface area contributed by atoms with Crippen LogP contribution in [0.1, 0.15) is 58.3 Å². The van der Waals surface area contributed by atoms with E-state index in [1.54, 1.807) is 7.05 Å². The quantitative estimate of drug-likeness (QED) is 0.306. The molecule has 3 heteroatoms. The molecule has 0 atom stereocenters. The highest BCUT2D eigenvalue weighted by Gasteiger charge is 1.94. The van der Waals surface area contributed by atoms with Gasteiger partial charge < -0.3 is 0 Å². The maximum Gasteiger partial charge on any atom is 0.0521 e. The molecule has 0 heterocycles. The Hall–Kier alpha value is -0.600. The zero-order valence-electron chi connectivity index (χ0n) is 9.67. The first kappa shape index (κ1) is 13.4. The van der Waals surface area contributed by atoms with Gasteiger partial charge in [-0.05, 0) is 6.42 Å². The normalized spacial score (nSPS) is 10.1. The Morgan fingerprint density at radius 3 is 1.93 bits per heavy atom. The van der Waals surface area contributed by atoms with Crippen LogP contribution in [-0.2, 0) is 0 Å². The van der Waals surface area contributed by atoms with Crippen LogP contribution >= 0.6 is 0 Å². The molecule has 3 nitrogen and oxygen atoms in total. The van der Waals surface area contributed by atoms with Crippen LogP contribution in [0.4, 0.5) is 0 Å². The van der Waals surface area contributed by atoms with Crippen molar-refractivity contribution < 1.29 is 0 Å². The standard InChI is InChI=1S/C11H24N2O/c1-3-4-5-6-7-8-9-10-11-13(2)12-14/h3-11H2,1-2H3. The molecule has 0 fully saturated rings. The van der Waals surface area contributed by atoms with Gasteiger partial charge >= 0.3 is 0 Å². The largest absolute Gasteiger partial charge is 0.264 e. The van der Waals surface area contributed by atoms with E-state index in [1.165, 1.54) is 50.0 Å². The van der Waals surface area contributed by atoms with Gasteiger partial charge in [-0.25, -0.2) is 0 Å². The highest BCUT2D eigenvalue weighted by atomic mass is 16.3. The number of hydrogen-bond acceptors (Lipinski definition) is 2. The minimum Gasteiger partial charge on any atom is -0.264 e. The topological polar surface area (TPSA) is 32.7 Å². The zero-order chi connectivity index (χ0) is 10.6. The third-order valence-corrected chi connectivity index (χ3v) is 2.47. The van der Waals surface area contributed by atoms with Crippen LogP contribution in [0.3, 0.4) is 0 Å². The van der Waals surface area contributed by atoms with Gasteiger partial charge in [-0.3, -0.25) is 5.01 Å². The van der Waals surface area contributed by atoms with E-state index in [0.29, 0.717) is 0 Å². The summed E-state index contributed by atoms with van der Waals surface area (Å²) in [4.78, 5) is 10.0. The third kappa shape index (κ3) is 9.49. The molecule has 0 aliphatic rings. The van der Waals surface area contributed by atoms with Crippen LogP contribution in [0.15, 0.2) is 5.29 Å². The lowest BCUT2D eigenvalue weighted by molar-refractivity contribution is 0.337. The van der Waals surface area contributed by atoms with E-state index in [2.05, 4.69) is 12.2 Å². The molecule has 0 aliphatic heterocycles. The lowest BCUT2D eigenvalue weighted by atomic mass is 10.1. The number of unbranched alkanes of at least 4 members (excludes halogenated alkanes) is 7. The van der Waals surface area contributed by atoms with E-state index in [0.717, 1.165) is 13.0 Å². The second kappa shape index (κ2) is 10.5. The molecule has 0 unspecified atom stereocenters. The van der Waals surface area contributed by atoms with Crippen LogP contribution < -0.4 is 0 Å². The van der Waals surface area contributed by atoms with Gasteiger partial charge in [-0.15, -0.1) is 4.91 Å². The Kier molecular flexibility index (Phi) is 10.0. The van der Waals surface area contributed by atoms with Crippen LogP contribution in [0.25, 0.3) is 0 Å². The summed E-state index contributed by atoms with van der Waals surface area (Å²) in [5, 5.41) is 4.30. The number of nitroso groups, excluding NO2 is 1. The number of nitrogens with zero attached hydrogens (tertiary/aromatic N) is 2. The highest BCUT2D eigenvalue weighted by Crippen LogP contribution is 2.08. The Morgan fingerprint density at radius 2 is 1.43 bits per heavy atom. The molecule has 14 heavy (non-hydrogen) atoms. The Labute approximate surface area is 87.8 Å². The molecule has 0 aromatic carbocycles. The van der Waals surface area contributed by atoms with Gasteiger partial charge in [0.05, 0.1) is 5.29 Å². The molecule has 0 radical (unpaired) electrons. The Bertz CT molecular complexity index is 128. The smallest absolute Gasteiger partial charge is 0.0521 e. The first-order valence-corrected chi connectivity index (χ1v) is 5.85. The van der Waals surface area contributed by atoms with E-state index < -0.39 is 0 Å². The molecule has 0 rings (SSSR count). The van der Waals surface area contributed by atoms with Crippen molar-refractivity contribution in [2.24, 2.45) is 5.29 Å². The van der Waals surface area contributed by atoms with E-state index in [9.17, 15) is 4.91 Å². The van der Waals surface area contributed by atoms with Crippen LogP contribution in [-0.4, -0.2) is 18.6 Å². The van der Waals surface area contributed by atoms with Crippen molar-refractivity contribution in [3.63, 3.8) is 0 Å². The Morgan fingerprint density at radius 1 is 0.929 bits per heavy atom. The zero-order valence-corrected chi connectivity index (χ0v) is 9.67. The summed E-state index contributed by atoms with van der Waals surface area (Å²) in [6.07, 6.45) is 10.4. The Balaban J connectivity index is 2.95. The van der Waals surface area contributed by atoms with E-state index >= 15 is 0 Å². The fourth-order valence-corrected chi connectivity index (χ4v) is 1.52. The average Bonchev–Trinajstić information content (AvgIpc) is 2.21. The van der Waals surface area contributed by atoms with Gasteiger partial charge in [0.25, 0.3) is 0 Å². The molecule has 0 N–H and O–H groups in total. The minimum absolute atomic E-state index is 0.804. The van der Waals surface area contributed by atoms with Gasteiger partial charge in [-0.1, -0.05) is 51.9 Å². The van der Waals surface area contributed by atoms with Crippen molar-refractivity contribution >= 4 is 0 Å². The molecular weight excluding hydrogens is 176 g/mol. The SMILES string of the molecule is CCCCCCCCCCN(C)N=O. The highest BCUT2D eigenvalue weighted by molar-refractivity contribution is 4.48. The maximum absolute atomic E-state index is 10.0. The van der Waals surface area contributed by atoms with E-state index in [-0.39, 0.29) is 0 Å². The lowest BCUT2D eigenvalue weighted by Gasteiger charge is -2.07. The lowest BCUT2D eigenvalue weighted by Crippen LogP contribution is -2.10. The molecule has 0 bridgehead atoms. The molecule has 0 aromatic heterocycles. The van der Waals surface area contributed by atoms with Gasteiger partial charge in [0.1, 0.15) is 0 Å². The van der Waals surface area contributed by atoms with Gasteiger partial charge in [0, 0.05) is 13.6 Å². The average molecular weight is 200 g/mol. The van der Waals surface area contributed by atoms with Crippen molar-refractivity contribution in [3.8, 4) is 0 Å². The second-order valence-corrected chi connectivity index (χ2v) is 3.94. The minimum atomic E-state index is 0.804. The van der Waals surface area contributed by atoms with Crippen molar-refractivity contribution in [2.45, 2.75) is 58.3 Å².